The molecule has 1 aliphatic rings. The molecule has 1 rings (SSSR count). The van der Waals surface area contributed by atoms with Gasteiger partial charge in [-0.1, -0.05) is 0 Å². The van der Waals surface area contributed by atoms with Crippen molar-refractivity contribution in [3.63, 3.8) is 0 Å². The minimum absolute atomic E-state index is 0.172. The van der Waals surface area contributed by atoms with Gasteiger partial charge in [0.25, 0.3) is 0 Å². The smallest absolute Gasteiger partial charge is 0.322 e. The van der Waals surface area contributed by atoms with E-state index in [1.54, 1.807) is 6.92 Å². The standard InChI is InChI=1S/C11H22N2O5S/c1-2-17-11(14)9-19(15,16)13-7-8-18-10-3-5-12-6-4-10/h10,12-13H,2-9H2,1H3. The minimum atomic E-state index is -3.62. The highest BCUT2D eigenvalue weighted by atomic mass is 32.2. The molecule has 7 nitrogen and oxygen atoms in total. The van der Waals surface area contributed by atoms with Gasteiger partial charge in [-0.05, 0) is 32.9 Å². The van der Waals surface area contributed by atoms with Crippen LogP contribution in [0.3, 0.4) is 0 Å². The van der Waals surface area contributed by atoms with Crippen molar-refractivity contribution in [3.8, 4) is 0 Å². The molecule has 19 heavy (non-hydrogen) atoms. The van der Waals surface area contributed by atoms with Crippen molar-refractivity contribution in [3.05, 3.63) is 0 Å². The summed E-state index contributed by atoms with van der Waals surface area (Å²) in [6.07, 6.45) is 2.07. The van der Waals surface area contributed by atoms with Crippen molar-refractivity contribution in [2.75, 3.05) is 38.6 Å². The molecule has 1 heterocycles. The molecule has 8 heteroatoms. The molecule has 0 atom stereocenters. The molecule has 0 aromatic heterocycles. The van der Waals surface area contributed by atoms with Crippen LogP contribution in [0.25, 0.3) is 0 Å². The van der Waals surface area contributed by atoms with Crippen molar-refractivity contribution < 1.29 is 22.7 Å². The van der Waals surface area contributed by atoms with Gasteiger partial charge in [0.05, 0.1) is 19.3 Å². The fraction of sp³-hybridized carbons (Fsp3) is 0.909. The number of esters is 1. The summed E-state index contributed by atoms with van der Waals surface area (Å²) in [5.74, 6) is -1.39. The maximum atomic E-state index is 11.5. The molecule has 0 aromatic rings. The molecule has 2 N–H and O–H groups in total. The quantitative estimate of drug-likeness (QED) is 0.451. The number of hydrogen-bond acceptors (Lipinski definition) is 6. The van der Waals surface area contributed by atoms with E-state index in [-0.39, 0.29) is 19.3 Å². The van der Waals surface area contributed by atoms with Gasteiger partial charge in [0, 0.05) is 6.54 Å². The van der Waals surface area contributed by atoms with Crippen LogP contribution in [0.2, 0.25) is 0 Å². The van der Waals surface area contributed by atoms with Crippen molar-refractivity contribution in [2.45, 2.75) is 25.9 Å². The Morgan fingerprint density at radius 2 is 2.05 bits per heavy atom. The van der Waals surface area contributed by atoms with Crippen LogP contribution in [0.1, 0.15) is 19.8 Å². The summed E-state index contributed by atoms with van der Waals surface area (Å²) in [7, 11) is -3.62. The summed E-state index contributed by atoms with van der Waals surface area (Å²) in [5.41, 5.74) is 0. The van der Waals surface area contributed by atoms with E-state index in [9.17, 15) is 13.2 Å². The summed E-state index contributed by atoms with van der Waals surface area (Å²) in [6, 6.07) is 0. The van der Waals surface area contributed by atoms with Crippen LogP contribution in [0.5, 0.6) is 0 Å². The monoisotopic (exact) mass is 294 g/mol. The SMILES string of the molecule is CCOC(=O)CS(=O)(=O)NCCOC1CCNCC1. The predicted octanol–water partition coefficient (Wildman–Crippen LogP) is -0.762. The molecule has 0 bridgehead atoms. The fourth-order valence-corrected chi connectivity index (χ4v) is 2.68. The van der Waals surface area contributed by atoms with E-state index < -0.39 is 21.7 Å². The molecule has 0 aliphatic carbocycles. The van der Waals surface area contributed by atoms with E-state index in [2.05, 4.69) is 14.8 Å². The average Bonchev–Trinajstić information content (AvgIpc) is 2.35. The predicted molar refractivity (Wildman–Crippen MR) is 70.3 cm³/mol. The van der Waals surface area contributed by atoms with E-state index in [1.165, 1.54) is 0 Å². The molecule has 0 amide bonds. The number of rotatable bonds is 8. The van der Waals surface area contributed by atoms with E-state index in [0.29, 0.717) is 6.61 Å². The summed E-state index contributed by atoms with van der Waals surface area (Å²) in [6.45, 7) is 4.15. The van der Waals surface area contributed by atoms with Crippen LogP contribution in [-0.4, -0.2) is 59.1 Å². The Morgan fingerprint density at radius 1 is 1.37 bits per heavy atom. The van der Waals surface area contributed by atoms with Crippen molar-refractivity contribution in [1.29, 1.82) is 0 Å². The molecule has 0 saturated carbocycles. The number of carbonyl (C=O) groups is 1. The number of hydrogen-bond donors (Lipinski definition) is 2. The normalized spacial score (nSPS) is 17.3. The Morgan fingerprint density at radius 3 is 2.68 bits per heavy atom. The zero-order valence-corrected chi connectivity index (χ0v) is 12.0. The second-order valence-electron chi connectivity index (χ2n) is 4.28. The molecular formula is C11H22N2O5S. The Balaban J connectivity index is 2.14. The average molecular weight is 294 g/mol. The van der Waals surface area contributed by atoms with Gasteiger partial charge < -0.3 is 14.8 Å². The lowest BCUT2D eigenvalue weighted by Crippen LogP contribution is -2.36. The lowest BCUT2D eigenvalue weighted by Gasteiger charge is -2.22. The number of sulfonamides is 1. The van der Waals surface area contributed by atoms with Gasteiger partial charge in [0.15, 0.2) is 5.75 Å². The summed E-state index contributed by atoms with van der Waals surface area (Å²) < 4.78 is 35.4. The maximum Gasteiger partial charge on any atom is 0.322 e. The van der Waals surface area contributed by atoms with Gasteiger partial charge in [-0.15, -0.1) is 0 Å². The first kappa shape index (κ1) is 16.4. The summed E-state index contributed by atoms with van der Waals surface area (Å²) in [5, 5.41) is 3.22. The third-order valence-corrected chi connectivity index (χ3v) is 3.94. The fourth-order valence-electron chi connectivity index (χ4n) is 1.79. The van der Waals surface area contributed by atoms with E-state index in [4.69, 9.17) is 4.74 Å². The Kier molecular flexibility index (Phi) is 7.29. The van der Waals surface area contributed by atoms with Gasteiger partial charge in [0.2, 0.25) is 10.0 Å². The Bertz CT molecular complexity index is 365. The van der Waals surface area contributed by atoms with Gasteiger partial charge in [0.1, 0.15) is 0 Å². The second-order valence-corrected chi connectivity index (χ2v) is 6.09. The highest BCUT2D eigenvalue weighted by molar-refractivity contribution is 7.90. The maximum absolute atomic E-state index is 11.5. The third kappa shape index (κ3) is 7.46. The van der Waals surface area contributed by atoms with Crippen LogP contribution in [0.4, 0.5) is 0 Å². The van der Waals surface area contributed by atoms with Crippen LogP contribution >= 0.6 is 0 Å². The highest BCUT2D eigenvalue weighted by Crippen LogP contribution is 2.06. The minimum Gasteiger partial charge on any atom is -0.465 e. The van der Waals surface area contributed by atoms with Gasteiger partial charge in [-0.2, -0.15) is 0 Å². The van der Waals surface area contributed by atoms with Crippen LogP contribution < -0.4 is 10.0 Å². The zero-order valence-electron chi connectivity index (χ0n) is 11.2. The molecule has 112 valence electrons. The van der Waals surface area contributed by atoms with Crippen LogP contribution in [0, 0.1) is 0 Å². The number of carbonyl (C=O) groups excluding carboxylic acids is 1. The van der Waals surface area contributed by atoms with Crippen LogP contribution in [0.15, 0.2) is 0 Å². The van der Waals surface area contributed by atoms with Crippen molar-refractivity contribution >= 4 is 16.0 Å². The molecule has 1 aliphatic heterocycles. The molecule has 1 fully saturated rings. The van der Waals surface area contributed by atoms with E-state index in [0.717, 1.165) is 25.9 Å². The summed E-state index contributed by atoms with van der Waals surface area (Å²) in [4.78, 5) is 11.1. The lowest BCUT2D eigenvalue weighted by atomic mass is 10.1. The van der Waals surface area contributed by atoms with Gasteiger partial charge in [-0.3, -0.25) is 4.79 Å². The highest BCUT2D eigenvalue weighted by Gasteiger charge is 2.17. The zero-order chi connectivity index (χ0) is 14.1. The largest absolute Gasteiger partial charge is 0.465 e. The van der Waals surface area contributed by atoms with E-state index >= 15 is 0 Å². The topological polar surface area (TPSA) is 93.7 Å². The third-order valence-electron chi connectivity index (χ3n) is 2.68. The summed E-state index contributed by atoms with van der Waals surface area (Å²) >= 11 is 0. The van der Waals surface area contributed by atoms with Gasteiger partial charge in [-0.25, -0.2) is 13.1 Å². The number of piperidine rings is 1. The Labute approximate surface area is 114 Å². The van der Waals surface area contributed by atoms with Gasteiger partial charge >= 0.3 is 5.97 Å². The van der Waals surface area contributed by atoms with E-state index in [1.807, 2.05) is 0 Å². The Hall–Kier alpha value is -0.700. The van der Waals surface area contributed by atoms with Crippen LogP contribution in [-0.2, 0) is 24.3 Å². The lowest BCUT2D eigenvalue weighted by molar-refractivity contribution is -0.139. The molecule has 0 spiro atoms. The first-order valence-electron chi connectivity index (χ1n) is 6.49. The number of ether oxygens (including phenoxy) is 2. The number of nitrogens with one attached hydrogen (secondary N) is 2. The molecule has 1 saturated heterocycles. The molecule has 0 unspecified atom stereocenters. The van der Waals surface area contributed by atoms with Crippen molar-refractivity contribution in [2.24, 2.45) is 0 Å². The first-order chi connectivity index (χ1) is 9.03. The first-order valence-corrected chi connectivity index (χ1v) is 8.14. The van der Waals surface area contributed by atoms with Crippen molar-refractivity contribution in [1.82, 2.24) is 10.0 Å². The second kappa shape index (κ2) is 8.47. The molecule has 0 aromatic carbocycles. The molecular weight excluding hydrogens is 272 g/mol. The molecule has 0 radical (unpaired) electrons.